The summed E-state index contributed by atoms with van der Waals surface area (Å²) in [5.74, 6) is 1.10. The molecule has 0 aromatic carbocycles. The van der Waals surface area contributed by atoms with E-state index in [4.69, 9.17) is 5.73 Å². The fourth-order valence-electron chi connectivity index (χ4n) is 2.74. The van der Waals surface area contributed by atoms with Crippen molar-refractivity contribution in [3.05, 3.63) is 23.9 Å². The number of rotatable bonds is 4. The molecule has 17 heavy (non-hydrogen) atoms. The molecule has 0 unspecified atom stereocenters. The highest BCUT2D eigenvalue weighted by molar-refractivity contribution is 5.42. The number of hydrogen-bond acceptors (Lipinski definition) is 3. The molecule has 0 spiro atoms. The number of nitrogens with two attached hydrogens (primary N) is 1. The van der Waals surface area contributed by atoms with Gasteiger partial charge in [0.05, 0.1) is 0 Å². The third kappa shape index (κ3) is 2.97. The Morgan fingerprint density at radius 2 is 2.12 bits per heavy atom. The zero-order chi connectivity index (χ0) is 12.1. The number of nitrogens with zero attached hydrogens (tertiary/aromatic N) is 2. The molecule has 1 aromatic heterocycles. The largest absolute Gasteiger partial charge is 0.354 e. The molecule has 0 amide bonds. The highest BCUT2D eigenvalue weighted by Gasteiger charge is 2.20. The van der Waals surface area contributed by atoms with E-state index in [-0.39, 0.29) is 0 Å². The first-order valence-corrected chi connectivity index (χ1v) is 6.76. The minimum atomic E-state index is 0.595. The van der Waals surface area contributed by atoms with Crippen LogP contribution in [0.15, 0.2) is 18.3 Å². The van der Waals surface area contributed by atoms with Crippen molar-refractivity contribution in [1.82, 2.24) is 4.98 Å². The van der Waals surface area contributed by atoms with E-state index in [0.717, 1.165) is 12.4 Å². The number of pyridine rings is 1. The molecule has 0 saturated heterocycles. The lowest BCUT2D eigenvalue weighted by molar-refractivity contribution is 0.416. The Morgan fingerprint density at radius 1 is 1.35 bits per heavy atom. The Bertz CT molecular complexity index is 345. The van der Waals surface area contributed by atoms with E-state index in [1.165, 1.54) is 37.7 Å². The van der Waals surface area contributed by atoms with Crippen molar-refractivity contribution in [2.75, 3.05) is 11.4 Å². The molecule has 1 aromatic rings. The SMILES string of the molecule is CCN(c1cc(CN)ccn1)C1CCCCC1. The van der Waals surface area contributed by atoms with Crippen LogP contribution in [0.3, 0.4) is 0 Å². The van der Waals surface area contributed by atoms with Gasteiger partial charge >= 0.3 is 0 Å². The molecule has 3 heteroatoms. The lowest BCUT2D eigenvalue weighted by Gasteiger charge is -2.34. The standard InChI is InChI=1S/C14H23N3/c1-2-17(13-6-4-3-5-7-13)14-10-12(11-15)8-9-16-14/h8-10,13H,2-7,11,15H2,1H3. The zero-order valence-corrected chi connectivity index (χ0v) is 10.7. The molecular weight excluding hydrogens is 210 g/mol. The molecule has 0 bridgehead atoms. The van der Waals surface area contributed by atoms with Gasteiger partial charge in [-0.1, -0.05) is 19.3 Å². The maximum Gasteiger partial charge on any atom is 0.129 e. The predicted molar refractivity (Wildman–Crippen MR) is 72.0 cm³/mol. The summed E-state index contributed by atoms with van der Waals surface area (Å²) in [4.78, 5) is 6.95. The average molecular weight is 233 g/mol. The quantitative estimate of drug-likeness (QED) is 0.869. The van der Waals surface area contributed by atoms with E-state index in [0.29, 0.717) is 12.6 Å². The van der Waals surface area contributed by atoms with Gasteiger partial charge in [-0.15, -0.1) is 0 Å². The summed E-state index contributed by atoms with van der Waals surface area (Å²) in [6.45, 7) is 3.84. The highest BCUT2D eigenvalue weighted by Crippen LogP contribution is 2.26. The average Bonchev–Trinajstić information content (AvgIpc) is 2.41. The van der Waals surface area contributed by atoms with Crippen LogP contribution >= 0.6 is 0 Å². The van der Waals surface area contributed by atoms with Crippen LogP contribution in [0, 0.1) is 0 Å². The van der Waals surface area contributed by atoms with Crippen LogP contribution in [0.2, 0.25) is 0 Å². The van der Waals surface area contributed by atoms with Gasteiger partial charge in [0, 0.05) is 25.3 Å². The Balaban J connectivity index is 2.15. The molecule has 1 fully saturated rings. The molecule has 0 radical (unpaired) electrons. The van der Waals surface area contributed by atoms with Crippen LogP contribution in [-0.2, 0) is 6.54 Å². The molecule has 1 aliphatic rings. The summed E-state index contributed by atoms with van der Waals surface area (Å²) in [6.07, 6.45) is 8.60. The van der Waals surface area contributed by atoms with Gasteiger partial charge in [0.2, 0.25) is 0 Å². The Hall–Kier alpha value is -1.09. The second-order valence-electron chi connectivity index (χ2n) is 4.80. The van der Waals surface area contributed by atoms with Crippen molar-refractivity contribution in [2.45, 2.75) is 51.6 Å². The predicted octanol–water partition coefficient (Wildman–Crippen LogP) is 2.70. The first kappa shape index (κ1) is 12.4. The number of hydrogen-bond donors (Lipinski definition) is 1. The van der Waals surface area contributed by atoms with Crippen molar-refractivity contribution in [3.8, 4) is 0 Å². The molecule has 1 aliphatic carbocycles. The molecule has 2 N–H and O–H groups in total. The second kappa shape index (κ2) is 6.01. The van der Waals surface area contributed by atoms with Crippen LogP contribution in [0.1, 0.15) is 44.6 Å². The fraction of sp³-hybridized carbons (Fsp3) is 0.643. The Morgan fingerprint density at radius 3 is 2.76 bits per heavy atom. The highest BCUT2D eigenvalue weighted by atomic mass is 15.2. The third-order valence-electron chi connectivity index (χ3n) is 3.70. The van der Waals surface area contributed by atoms with Gasteiger partial charge in [0.25, 0.3) is 0 Å². The summed E-state index contributed by atoms with van der Waals surface area (Å²) < 4.78 is 0. The van der Waals surface area contributed by atoms with Crippen LogP contribution in [0.5, 0.6) is 0 Å². The Kier molecular flexibility index (Phi) is 4.37. The van der Waals surface area contributed by atoms with Gasteiger partial charge in [-0.3, -0.25) is 0 Å². The van der Waals surface area contributed by atoms with Gasteiger partial charge in [0.15, 0.2) is 0 Å². The van der Waals surface area contributed by atoms with Crippen molar-refractivity contribution in [2.24, 2.45) is 5.73 Å². The monoisotopic (exact) mass is 233 g/mol. The van der Waals surface area contributed by atoms with Crippen LogP contribution < -0.4 is 10.6 Å². The van der Waals surface area contributed by atoms with E-state index in [9.17, 15) is 0 Å². The van der Waals surface area contributed by atoms with E-state index in [2.05, 4.69) is 22.9 Å². The molecular formula is C14H23N3. The first-order chi connectivity index (χ1) is 8.35. The molecule has 0 atom stereocenters. The number of anilines is 1. The van der Waals surface area contributed by atoms with Crippen LogP contribution in [-0.4, -0.2) is 17.6 Å². The second-order valence-corrected chi connectivity index (χ2v) is 4.80. The summed E-state index contributed by atoms with van der Waals surface area (Å²) in [5.41, 5.74) is 6.86. The summed E-state index contributed by atoms with van der Waals surface area (Å²) in [7, 11) is 0. The van der Waals surface area contributed by atoms with E-state index in [1.807, 2.05) is 12.3 Å². The normalized spacial score (nSPS) is 17.1. The van der Waals surface area contributed by atoms with E-state index >= 15 is 0 Å². The van der Waals surface area contributed by atoms with E-state index < -0.39 is 0 Å². The van der Waals surface area contributed by atoms with Crippen molar-refractivity contribution >= 4 is 5.82 Å². The molecule has 1 heterocycles. The van der Waals surface area contributed by atoms with Gasteiger partial charge in [-0.25, -0.2) is 4.98 Å². The lowest BCUT2D eigenvalue weighted by Crippen LogP contribution is -2.37. The van der Waals surface area contributed by atoms with Crippen LogP contribution in [0.25, 0.3) is 0 Å². The van der Waals surface area contributed by atoms with Gasteiger partial charge < -0.3 is 10.6 Å². The maximum absolute atomic E-state index is 5.69. The van der Waals surface area contributed by atoms with Gasteiger partial charge in [-0.2, -0.15) is 0 Å². The molecule has 3 nitrogen and oxygen atoms in total. The number of aromatic nitrogens is 1. The van der Waals surface area contributed by atoms with E-state index in [1.54, 1.807) is 0 Å². The summed E-state index contributed by atoms with van der Waals surface area (Å²) >= 11 is 0. The Labute approximate surface area is 104 Å². The molecule has 0 aliphatic heterocycles. The smallest absolute Gasteiger partial charge is 0.129 e. The summed E-state index contributed by atoms with van der Waals surface area (Å²) in [5, 5.41) is 0. The minimum absolute atomic E-state index is 0.595. The van der Waals surface area contributed by atoms with Crippen molar-refractivity contribution in [1.29, 1.82) is 0 Å². The van der Waals surface area contributed by atoms with Crippen molar-refractivity contribution < 1.29 is 0 Å². The zero-order valence-electron chi connectivity index (χ0n) is 10.7. The minimum Gasteiger partial charge on any atom is -0.354 e. The topological polar surface area (TPSA) is 42.1 Å². The fourth-order valence-corrected chi connectivity index (χ4v) is 2.74. The first-order valence-electron chi connectivity index (χ1n) is 6.76. The summed E-state index contributed by atoms with van der Waals surface area (Å²) in [6, 6.07) is 4.81. The van der Waals surface area contributed by atoms with Crippen LogP contribution in [0.4, 0.5) is 5.82 Å². The van der Waals surface area contributed by atoms with Crippen molar-refractivity contribution in [3.63, 3.8) is 0 Å². The maximum atomic E-state index is 5.69. The molecule has 2 rings (SSSR count). The van der Waals surface area contributed by atoms with Gasteiger partial charge in [0.1, 0.15) is 5.82 Å². The lowest BCUT2D eigenvalue weighted by atomic mass is 9.94. The molecule has 94 valence electrons. The third-order valence-corrected chi connectivity index (χ3v) is 3.70. The molecule has 1 saturated carbocycles. The van der Waals surface area contributed by atoms with Gasteiger partial charge in [-0.05, 0) is 37.5 Å².